The van der Waals surface area contributed by atoms with Gasteiger partial charge in [0.2, 0.25) is 10.0 Å². The van der Waals surface area contributed by atoms with E-state index in [1.165, 1.54) is 6.07 Å². The van der Waals surface area contributed by atoms with Crippen LogP contribution in [0.15, 0.2) is 47.6 Å². The van der Waals surface area contributed by atoms with Crippen LogP contribution >= 0.6 is 0 Å². The molecule has 4 aromatic rings. The van der Waals surface area contributed by atoms with Crippen molar-refractivity contribution in [2.75, 3.05) is 13.2 Å². The van der Waals surface area contributed by atoms with Crippen molar-refractivity contribution in [3.8, 4) is 11.3 Å². The van der Waals surface area contributed by atoms with Crippen molar-refractivity contribution in [3.05, 3.63) is 42.7 Å². The largest absolute Gasteiger partial charge is 0.395 e. The van der Waals surface area contributed by atoms with Crippen molar-refractivity contribution in [2.45, 2.75) is 4.90 Å². The molecule has 0 aliphatic rings. The fraction of sp³-hybridized carbons (Fsp3) is 0.176. The van der Waals surface area contributed by atoms with Crippen LogP contribution in [0.25, 0.3) is 33.2 Å². The quantitative estimate of drug-likeness (QED) is 0.491. The van der Waals surface area contributed by atoms with Gasteiger partial charge in [-0.25, -0.2) is 18.1 Å². The van der Waals surface area contributed by atoms with Gasteiger partial charge in [0.15, 0.2) is 0 Å². The topological polar surface area (TPSA) is 113 Å². The van der Waals surface area contributed by atoms with Crippen LogP contribution in [0, 0.1) is 0 Å². The predicted molar refractivity (Wildman–Crippen MR) is 98.1 cm³/mol. The van der Waals surface area contributed by atoms with Crippen LogP contribution in [-0.2, 0) is 17.1 Å². The van der Waals surface area contributed by atoms with Crippen LogP contribution in [0.4, 0.5) is 0 Å². The minimum absolute atomic E-state index is 0.0264. The highest BCUT2D eigenvalue weighted by Crippen LogP contribution is 2.29. The molecular formula is C17H17N5O3S. The van der Waals surface area contributed by atoms with Gasteiger partial charge in [0, 0.05) is 36.3 Å². The van der Waals surface area contributed by atoms with Crippen LogP contribution in [-0.4, -0.2) is 46.4 Å². The van der Waals surface area contributed by atoms with Crippen molar-refractivity contribution < 1.29 is 13.5 Å². The molecule has 3 N–H and O–H groups in total. The fourth-order valence-electron chi connectivity index (χ4n) is 2.99. The predicted octanol–water partition coefficient (Wildman–Crippen LogP) is 1.39. The molecule has 3 aromatic heterocycles. The number of hydrogen-bond acceptors (Lipinski definition) is 5. The average molecular weight is 371 g/mol. The number of hydrogen-bond donors (Lipinski definition) is 3. The summed E-state index contributed by atoms with van der Waals surface area (Å²) in [4.78, 5) is 7.79. The number of aliphatic hydroxyl groups excluding tert-OH is 1. The maximum atomic E-state index is 12.3. The molecule has 0 fully saturated rings. The normalized spacial score (nSPS) is 12.2. The Morgan fingerprint density at radius 2 is 2.12 bits per heavy atom. The molecule has 26 heavy (non-hydrogen) atoms. The van der Waals surface area contributed by atoms with E-state index < -0.39 is 10.0 Å². The van der Waals surface area contributed by atoms with Gasteiger partial charge in [0.05, 0.1) is 23.2 Å². The molecule has 0 saturated carbocycles. The highest BCUT2D eigenvalue weighted by molar-refractivity contribution is 7.89. The Bertz CT molecular complexity index is 1210. The van der Waals surface area contributed by atoms with Gasteiger partial charge in [-0.05, 0) is 23.8 Å². The van der Waals surface area contributed by atoms with E-state index in [0.29, 0.717) is 5.65 Å². The lowest BCUT2D eigenvalue weighted by Crippen LogP contribution is -2.26. The van der Waals surface area contributed by atoms with Crippen molar-refractivity contribution >= 4 is 32.0 Å². The number of rotatable bonds is 5. The first kappa shape index (κ1) is 16.7. The second-order valence-electron chi connectivity index (χ2n) is 5.92. The zero-order valence-electron chi connectivity index (χ0n) is 14.0. The van der Waals surface area contributed by atoms with E-state index in [1.54, 1.807) is 29.2 Å². The van der Waals surface area contributed by atoms with Crippen LogP contribution in [0.3, 0.4) is 0 Å². The second-order valence-corrected chi connectivity index (χ2v) is 7.69. The average Bonchev–Trinajstić information content (AvgIpc) is 3.23. The summed E-state index contributed by atoms with van der Waals surface area (Å²) in [7, 11) is -1.80. The Morgan fingerprint density at radius 1 is 1.27 bits per heavy atom. The second kappa shape index (κ2) is 6.20. The Balaban J connectivity index is 1.82. The maximum Gasteiger partial charge on any atom is 0.240 e. The van der Waals surface area contributed by atoms with Gasteiger partial charge in [-0.1, -0.05) is 12.1 Å². The molecule has 1 aromatic carbocycles. The maximum absolute atomic E-state index is 12.3. The Labute approximate surface area is 149 Å². The van der Waals surface area contributed by atoms with Gasteiger partial charge in [-0.3, -0.25) is 4.68 Å². The third kappa shape index (κ3) is 2.75. The lowest BCUT2D eigenvalue weighted by Gasteiger charge is -2.06. The number of fused-ring (bicyclic) bond motifs is 3. The third-order valence-corrected chi connectivity index (χ3v) is 5.67. The van der Waals surface area contributed by atoms with E-state index in [2.05, 4.69) is 19.8 Å². The summed E-state index contributed by atoms with van der Waals surface area (Å²) < 4.78 is 28.7. The number of sulfonamides is 1. The zero-order chi connectivity index (χ0) is 18.3. The number of aromatic nitrogens is 4. The number of aromatic amines is 1. The molecule has 0 aliphatic carbocycles. The molecular weight excluding hydrogens is 354 g/mol. The van der Waals surface area contributed by atoms with Crippen LogP contribution in [0.1, 0.15) is 0 Å². The zero-order valence-corrected chi connectivity index (χ0v) is 14.8. The van der Waals surface area contributed by atoms with Gasteiger partial charge in [-0.15, -0.1) is 0 Å². The van der Waals surface area contributed by atoms with Gasteiger partial charge >= 0.3 is 0 Å². The van der Waals surface area contributed by atoms with Crippen molar-refractivity contribution in [1.29, 1.82) is 0 Å². The molecule has 134 valence electrons. The van der Waals surface area contributed by atoms with Gasteiger partial charge in [0.1, 0.15) is 5.65 Å². The highest BCUT2D eigenvalue weighted by Gasteiger charge is 2.15. The Morgan fingerprint density at radius 3 is 2.92 bits per heavy atom. The third-order valence-electron chi connectivity index (χ3n) is 4.21. The lowest BCUT2D eigenvalue weighted by molar-refractivity contribution is 0.301. The van der Waals surface area contributed by atoms with Gasteiger partial charge < -0.3 is 10.1 Å². The van der Waals surface area contributed by atoms with Crippen LogP contribution in [0.5, 0.6) is 0 Å². The molecule has 4 rings (SSSR count). The molecule has 0 bridgehead atoms. The molecule has 0 aliphatic heterocycles. The fourth-order valence-corrected chi connectivity index (χ4v) is 4.06. The van der Waals surface area contributed by atoms with Crippen LogP contribution < -0.4 is 4.72 Å². The molecule has 8 nitrogen and oxygen atoms in total. The molecule has 0 amide bonds. The van der Waals surface area contributed by atoms with Crippen LogP contribution in [0.2, 0.25) is 0 Å². The first-order valence-corrected chi connectivity index (χ1v) is 9.48. The smallest absolute Gasteiger partial charge is 0.240 e. The molecule has 0 saturated heterocycles. The van der Waals surface area contributed by atoms with Crippen molar-refractivity contribution in [2.24, 2.45) is 7.05 Å². The summed E-state index contributed by atoms with van der Waals surface area (Å²) >= 11 is 0. The number of pyridine rings is 1. The van der Waals surface area contributed by atoms with Gasteiger partial charge in [-0.2, -0.15) is 5.10 Å². The van der Waals surface area contributed by atoms with E-state index >= 15 is 0 Å². The Kier molecular flexibility index (Phi) is 3.98. The number of aryl methyl sites for hydroxylation is 1. The number of nitrogens with one attached hydrogen (secondary N) is 2. The molecule has 0 spiro atoms. The first-order valence-electron chi connectivity index (χ1n) is 8.00. The van der Waals surface area contributed by atoms with Gasteiger partial charge in [0.25, 0.3) is 0 Å². The molecule has 3 heterocycles. The number of nitrogens with zero attached hydrogens (tertiary/aromatic N) is 3. The molecule has 0 unspecified atom stereocenters. The minimum Gasteiger partial charge on any atom is -0.395 e. The van der Waals surface area contributed by atoms with Crippen molar-refractivity contribution in [3.63, 3.8) is 0 Å². The van der Waals surface area contributed by atoms with E-state index in [4.69, 9.17) is 5.11 Å². The summed E-state index contributed by atoms with van der Waals surface area (Å²) in [5.41, 5.74) is 3.17. The molecule has 9 heteroatoms. The Hall–Kier alpha value is -2.75. The molecule has 0 atom stereocenters. The first-order chi connectivity index (χ1) is 12.5. The minimum atomic E-state index is -3.67. The summed E-state index contributed by atoms with van der Waals surface area (Å²) in [6.07, 6.45) is 3.51. The van der Waals surface area contributed by atoms with Crippen molar-refractivity contribution in [1.82, 2.24) is 24.5 Å². The summed E-state index contributed by atoms with van der Waals surface area (Å²) in [5.74, 6) is 0. The summed E-state index contributed by atoms with van der Waals surface area (Å²) in [5, 5.41) is 15.0. The summed E-state index contributed by atoms with van der Waals surface area (Å²) in [6.45, 7) is -0.283. The number of aliphatic hydroxyl groups is 1. The van der Waals surface area contributed by atoms with E-state index in [9.17, 15) is 8.42 Å². The van der Waals surface area contributed by atoms with E-state index in [-0.39, 0.29) is 18.0 Å². The van der Waals surface area contributed by atoms with E-state index in [1.807, 2.05) is 19.2 Å². The van der Waals surface area contributed by atoms with E-state index in [0.717, 1.165) is 27.5 Å². The standard InChI is InChI=1S/C17H17N5O3S/c1-22-16-12(10-19-22)9-18-17-14(16)8-15(21-17)11-3-2-4-13(7-11)26(24,25)20-5-6-23/h2-4,7-10,20,23H,5-6H2,1H3,(H,18,21). The highest BCUT2D eigenvalue weighted by atomic mass is 32.2. The SMILES string of the molecule is Cn1ncc2cnc3[nH]c(-c4cccc(S(=O)(=O)NCCO)c4)cc3c21. The summed E-state index contributed by atoms with van der Waals surface area (Å²) in [6, 6.07) is 8.56. The number of H-pyrrole nitrogens is 1. The lowest BCUT2D eigenvalue weighted by atomic mass is 10.1. The monoisotopic (exact) mass is 371 g/mol. The number of benzene rings is 1. The molecule has 0 radical (unpaired) electrons.